The minimum absolute atomic E-state index is 0.392. The standard InChI is InChI=1S/C16H20N2O2P2/c1-3-7-15(8-4-1)19-21-17-11-13-18(14-12-17)22-20-16-9-5-2-6-10-16/h1-10,21-22H,11-14H2. The van der Waals surface area contributed by atoms with Gasteiger partial charge in [-0.05, 0) is 24.3 Å². The topological polar surface area (TPSA) is 24.9 Å². The summed E-state index contributed by atoms with van der Waals surface area (Å²) >= 11 is 0. The van der Waals surface area contributed by atoms with Gasteiger partial charge in [-0.3, -0.25) is 9.34 Å². The fourth-order valence-electron chi connectivity index (χ4n) is 2.10. The first-order valence-electron chi connectivity index (χ1n) is 7.35. The molecule has 1 fully saturated rings. The van der Waals surface area contributed by atoms with Gasteiger partial charge in [0.15, 0.2) is 0 Å². The van der Waals surface area contributed by atoms with Crippen molar-refractivity contribution in [1.82, 2.24) is 9.34 Å². The lowest BCUT2D eigenvalue weighted by atomic mass is 10.3. The molecule has 0 aromatic heterocycles. The summed E-state index contributed by atoms with van der Waals surface area (Å²) in [6, 6.07) is 20.0. The van der Waals surface area contributed by atoms with E-state index in [1.54, 1.807) is 0 Å². The van der Waals surface area contributed by atoms with Crippen LogP contribution >= 0.6 is 17.9 Å². The monoisotopic (exact) mass is 334 g/mol. The van der Waals surface area contributed by atoms with Gasteiger partial charge in [0.1, 0.15) is 29.4 Å². The first-order valence-corrected chi connectivity index (χ1v) is 9.06. The number of hydrogen-bond donors (Lipinski definition) is 0. The number of piperazine rings is 1. The molecule has 2 unspecified atom stereocenters. The second-order valence-corrected chi connectivity index (χ2v) is 7.03. The summed E-state index contributed by atoms with van der Waals surface area (Å²) in [7, 11) is 0.785. The molecule has 22 heavy (non-hydrogen) atoms. The van der Waals surface area contributed by atoms with E-state index < -0.39 is 0 Å². The molecule has 116 valence electrons. The average molecular weight is 334 g/mol. The Balaban J connectivity index is 1.35. The molecule has 2 aromatic rings. The molecule has 0 spiro atoms. The van der Waals surface area contributed by atoms with E-state index >= 15 is 0 Å². The largest absolute Gasteiger partial charge is 0.461 e. The Hall–Kier alpha value is -1.18. The van der Waals surface area contributed by atoms with Gasteiger partial charge in [-0.2, -0.15) is 0 Å². The highest BCUT2D eigenvalue weighted by Crippen LogP contribution is 2.29. The van der Waals surface area contributed by atoms with E-state index in [0.717, 1.165) is 37.7 Å². The van der Waals surface area contributed by atoms with Crippen molar-refractivity contribution in [2.24, 2.45) is 0 Å². The lowest BCUT2D eigenvalue weighted by molar-refractivity contribution is 0.280. The number of rotatable bonds is 6. The second-order valence-electron chi connectivity index (χ2n) is 4.99. The highest BCUT2D eigenvalue weighted by Gasteiger charge is 2.18. The molecular formula is C16H20N2O2P2. The zero-order valence-electron chi connectivity index (χ0n) is 12.3. The van der Waals surface area contributed by atoms with Crippen molar-refractivity contribution in [3.63, 3.8) is 0 Å². The van der Waals surface area contributed by atoms with Gasteiger partial charge in [-0.15, -0.1) is 0 Å². The Morgan fingerprint density at radius 1 is 0.591 bits per heavy atom. The summed E-state index contributed by atoms with van der Waals surface area (Å²) in [6.45, 7) is 4.10. The van der Waals surface area contributed by atoms with Crippen LogP contribution in [0.15, 0.2) is 60.7 Å². The molecule has 4 nitrogen and oxygen atoms in total. The second kappa shape index (κ2) is 8.45. The Kier molecular flexibility index (Phi) is 6.03. The van der Waals surface area contributed by atoms with Crippen molar-refractivity contribution >= 4 is 17.9 Å². The molecule has 0 amide bonds. The zero-order valence-corrected chi connectivity index (χ0v) is 14.3. The summed E-state index contributed by atoms with van der Waals surface area (Å²) < 4.78 is 16.3. The Morgan fingerprint density at radius 3 is 1.32 bits per heavy atom. The van der Waals surface area contributed by atoms with E-state index in [1.807, 2.05) is 60.7 Å². The molecule has 3 rings (SSSR count). The number of nitrogens with zero attached hydrogens (tertiary/aromatic N) is 2. The van der Waals surface area contributed by atoms with Crippen molar-refractivity contribution in [3.8, 4) is 11.5 Å². The maximum Gasteiger partial charge on any atom is 0.149 e. The van der Waals surface area contributed by atoms with Crippen molar-refractivity contribution < 1.29 is 9.05 Å². The van der Waals surface area contributed by atoms with Crippen LogP contribution in [0.25, 0.3) is 0 Å². The van der Waals surface area contributed by atoms with Crippen molar-refractivity contribution in [2.75, 3.05) is 26.2 Å². The summed E-state index contributed by atoms with van der Waals surface area (Å²) in [5, 5.41) is 0. The van der Waals surface area contributed by atoms with E-state index in [1.165, 1.54) is 0 Å². The van der Waals surface area contributed by atoms with E-state index in [2.05, 4.69) is 9.34 Å². The number of hydrogen-bond acceptors (Lipinski definition) is 4. The molecule has 0 bridgehead atoms. The molecule has 1 aliphatic heterocycles. The molecule has 0 N–H and O–H groups in total. The fraction of sp³-hybridized carbons (Fsp3) is 0.250. The Morgan fingerprint density at radius 2 is 0.955 bits per heavy atom. The summed E-state index contributed by atoms with van der Waals surface area (Å²) in [5.74, 6) is 1.88. The average Bonchev–Trinajstić information content (AvgIpc) is 2.61. The van der Waals surface area contributed by atoms with Gasteiger partial charge in [-0.1, -0.05) is 36.4 Å². The molecule has 0 radical (unpaired) electrons. The molecule has 1 heterocycles. The SMILES string of the molecule is c1ccc(OPN2CCN(POc3ccccc3)CC2)cc1. The van der Waals surface area contributed by atoms with Crippen LogP contribution < -0.4 is 9.05 Å². The Bertz CT molecular complexity index is 497. The molecule has 1 saturated heterocycles. The van der Waals surface area contributed by atoms with Crippen LogP contribution in [0.1, 0.15) is 0 Å². The van der Waals surface area contributed by atoms with Crippen LogP contribution in [0.2, 0.25) is 0 Å². The zero-order chi connectivity index (χ0) is 15.0. The van der Waals surface area contributed by atoms with E-state index in [-0.39, 0.29) is 0 Å². The van der Waals surface area contributed by atoms with Gasteiger partial charge in [0.05, 0.1) is 0 Å². The lowest BCUT2D eigenvalue weighted by Gasteiger charge is -2.32. The van der Waals surface area contributed by atoms with Crippen LogP contribution in [0.3, 0.4) is 0 Å². The minimum Gasteiger partial charge on any atom is -0.461 e. The molecule has 2 aromatic carbocycles. The Labute approximate surface area is 135 Å². The van der Waals surface area contributed by atoms with E-state index in [9.17, 15) is 0 Å². The molecule has 6 heteroatoms. The van der Waals surface area contributed by atoms with E-state index in [4.69, 9.17) is 9.05 Å². The first kappa shape index (κ1) is 15.7. The molecular weight excluding hydrogens is 314 g/mol. The third-order valence-electron chi connectivity index (χ3n) is 3.35. The quantitative estimate of drug-likeness (QED) is 0.751. The van der Waals surface area contributed by atoms with E-state index in [0.29, 0.717) is 17.9 Å². The predicted molar refractivity (Wildman–Crippen MR) is 93.9 cm³/mol. The summed E-state index contributed by atoms with van der Waals surface area (Å²) in [5.41, 5.74) is 0. The van der Waals surface area contributed by atoms with Crippen molar-refractivity contribution in [3.05, 3.63) is 60.7 Å². The molecule has 0 aliphatic carbocycles. The van der Waals surface area contributed by atoms with Crippen molar-refractivity contribution in [1.29, 1.82) is 0 Å². The highest BCUT2D eigenvalue weighted by molar-refractivity contribution is 7.30. The maximum atomic E-state index is 5.82. The van der Waals surface area contributed by atoms with Crippen LogP contribution in [0.5, 0.6) is 11.5 Å². The summed E-state index contributed by atoms with van der Waals surface area (Å²) in [6.07, 6.45) is 0. The van der Waals surface area contributed by atoms with Gasteiger partial charge in [-0.25, -0.2) is 0 Å². The van der Waals surface area contributed by atoms with Gasteiger partial charge >= 0.3 is 0 Å². The first-order chi connectivity index (χ1) is 10.9. The third kappa shape index (κ3) is 4.93. The van der Waals surface area contributed by atoms with Gasteiger partial charge in [0, 0.05) is 26.2 Å². The minimum atomic E-state index is 0.392. The normalized spacial score (nSPS) is 17.5. The van der Waals surface area contributed by atoms with Crippen molar-refractivity contribution in [2.45, 2.75) is 0 Å². The maximum absolute atomic E-state index is 5.82. The molecule has 0 saturated carbocycles. The van der Waals surface area contributed by atoms with Gasteiger partial charge < -0.3 is 9.05 Å². The predicted octanol–water partition coefficient (Wildman–Crippen LogP) is 3.78. The molecule has 2 atom stereocenters. The van der Waals surface area contributed by atoms with Crippen LogP contribution in [0, 0.1) is 0 Å². The van der Waals surface area contributed by atoms with Gasteiger partial charge in [0.25, 0.3) is 0 Å². The van der Waals surface area contributed by atoms with Gasteiger partial charge in [0.2, 0.25) is 0 Å². The molecule has 1 aliphatic rings. The number of para-hydroxylation sites is 2. The third-order valence-corrected chi connectivity index (χ3v) is 5.42. The van der Waals surface area contributed by atoms with Crippen LogP contribution in [0.4, 0.5) is 0 Å². The lowest BCUT2D eigenvalue weighted by Crippen LogP contribution is -2.39. The fourth-order valence-corrected chi connectivity index (χ4v) is 3.61. The van der Waals surface area contributed by atoms with Crippen LogP contribution in [-0.2, 0) is 0 Å². The highest BCUT2D eigenvalue weighted by atomic mass is 31.1. The summed E-state index contributed by atoms with van der Waals surface area (Å²) in [4.78, 5) is 0. The number of benzene rings is 2. The van der Waals surface area contributed by atoms with Crippen LogP contribution in [-0.4, -0.2) is 35.5 Å². The smallest absolute Gasteiger partial charge is 0.149 e.